The van der Waals surface area contributed by atoms with Gasteiger partial charge in [-0.2, -0.15) is 0 Å². The number of nitrogens with one attached hydrogen (secondary N) is 1. The van der Waals surface area contributed by atoms with Crippen LogP contribution in [0.1, 0.15) is 5.56 Å². The number of phenols is 1. The Balaban J connectivity index is 2.11. The predicted molar refractivity (Wildman–Crippen MR) is 74.5 cm³/mol. The molecule has 2 nitrogen and oxygen atoms in total. The first-order valence-corrected chi connectivity index (χ1v) is 6.39. The third-order valence-electron chi connectivity index (χ3n) is 2.44. The third-order valence-corrected chi connectivity index (χ3v) is 3.45. The van der Waals surface area contributed by atoms with Crippen LogP contribution in [-0.4, -0.2) is 5.11 Å². The van der Waals surface area contributed by atoms with Gasteiger partial charge in [-0.25, -0.2) is 4.39 Å². The van der Waals surface area contributed by atoms with E-state index in [0.717, 1.165) is 10.0 Å². The number of benzene rings is 2. The summed E-state index contributed by atoms with van der Waals surface area (Å²) < 4.78 is 14.1. The molecule has 2 rings (SSSR count). The first-order valence-electron chi connectivity index (χ1n) is 5.22. The van der Waals surface area contributed by atoms with Crippen LogP contribution in [0, 0.1) is 5.82 Å². The van der Waals surface area contributed by atoms with Gasteiger partial charge in [-0.05, 0) is 35.9 Å². The lowest BCUT2D eigenvalue weighted by Gasteiger charge is -2.09. The fraction of sp³-hybridized carbons (Fsp3) is 0.0769. The molecule has 0 amide bonds. The normalized spacial score (nSPS) is 10.4. The van der Waals surface area contributed by atoms with Crippen molar-refractivity contribution in [1.29, 1.82) is 0 Å². The molecule has 18 heavy (non-hydrogen) atoms. The average molecular weight is 331 g/mol. The quantitative estimate of drug-likeness (QED) is 0.809. The number of aromatic hydroxyl groups is 1. The van der Waals surface area contributed by atoms with Gasteiger partial charge in [0.05, 0.1) is 0 Å². The molecule has 94 valence electrons. The number of anilines is 1. The summed E-state index contributed by atoms with van der Waals surface area (Å²) in [5.41, 5.74) is 1.56. The second-order valence-corrected chi connectivity index (χ2v) is 5.05. The van der Waals surface area contributed by atoms with Gasteiger partial charge in [-0.3, -0.25) is 0 Å². The second-order valence-electron chi connectivity index (χ2n) is 3.76. The molecule has 0 bridgehead atoms. The Labute approximate surface area is 118 Å². The maximum atomic E-state index is 13.1. The molecule has 0 saturated carbocycles. The lowest BCUT2D eigenvalue weighted by Crippen LogP contribution is -2.00. The summed E-state index contributed by atoms with van der Waals surface area (Å²) in [5.74, 6) is -1.00. The van der Waals surface area contributed by atoms with E-state index in [1.165, 1.54) is 12.1 Å². The Morgan fingerprint density at radius 2 is 2.00 bits per heavy atom. The Morgan fingerprint density at radius 3 is 2.72 bits per heavy atom. The average Bonchev–Trinajstić information content (AvgIpc) is 2.34. The summed E-state index contributed by atoms with van der Waals surface area (Å²) in [5, 5.41) is 12.8. The van der Waals surface area contributed by atoms with Crippen molar-refractivity contribution >= 4 is 33.2 Å². The number of phenolic OH excluding ortho intramolecular Hbond substituents is 1. The van der Waals surface area contributed by atoms with Crippen molar-refractivity contribution in [3.63, 3.8) is 0 Å². The number of rotatable bonds is 3. The Hall–Kier alpha value is -1.26. The van der Waals surface area contributed by atoms with Crippen molar-refractivity contribution in [3.05, 3.63) is 57.3 Å². The molecule has 0 radical (unpaired) electrons. The van der Waals surface area contributed by atoms with Crippen molar-refractivity contribution in [3.8, 4) is 5.75 Å². The smallest absolute Gasteiger partial charge is 0.166 e. The van der Waals surface area contributed by atoms with Gasteiger partial charge in [0.2, 0.25) is 0 Å². The van der Waals surface area contributed by atoms with Gasteiger partial charge in [0.15, 0.2) is 11.6 Å². The summed E-state index contributed by atoms with van der Waals surface area (Å²) in [6.45, 7) is 0.505. The van der Waals surface area contributed by atoms with Gasteiger partial charge >= 0.3 is 0 Å². The van der Waals surface area contributed by atoms with Crippen LogP contribution in [0.5, 0.6) is 5.75 Å². The van der Waals surface area contributed by atoms with Crippen LogP contribution < -0.4 is 5.32 Å². The van der Waals surface area contributed by atoms with Gasteiger partial charge in [0.1, 0.15) is 0 Å². The van der Waals surface area contributed by atoms with Crippen molar-refractivity contribution in [2.75, 3.05) is 5.32 Å². The standard InChI is InChI=1S/C13H10BrClFNO/c14-11-3-1-9(15)5-8(11)7-17-10-2-4-13(18)12(16)6-10/h1-6,17-18H,7H2. The van der Waals surface area contributed by atoms with Crippen LogP contribution in [0.2, 0.25) is 5.02 Å². The van der Waals surface area contributed by atoms with Crippen LogP contribution in [0.4, 0.5) is 10.1 Å². The van der Waals surface area contributed by atoms with Crippen molar-refractivity contribution in [2.45, 2.75) is 6.54 Å². The minimum atomic E-state index is -0.648. The maximum Gasteiger partial charge on any atom is 0.166 e. The zero-order valence-corrected chi connectivity index (χ0v) is 11.6. The van der Waals surface area contributed by atoms with Crippen molar-refractivity contribution in [2.24, 2.45) is 0 Å². The molecule has 2 aromatic carbocycles. The zero-order chi connectivity index (χ0) is 13.1. The Morgan fingerprint density at radius 1 is 1.22 bits per heavy atom. The minimum Gasteiger partial charge on any atom is -0.505 e. The first kappa shape index (κ1) is 13.2. The molecule has 0 unspecified atom stereocenters. The molecule has 0 aliphatic rings. The topological polar surface area (TPSA) is 32.3 Å². The largest absolute Gasteiger partial charge is 0.505 e. The lowest BCUT2D eigenvalue weighted by molar-refractivity contribution is 0.432. The fourth-order valence-electron chi connectivity index (χ4n) is 1.49. The zero-order valence-electron chi connectivity index (χ0n) is 9.25. The van der Waals surface area contributed by atoms with E-state index in [1.807, 2.05) is 12.1 Å². The van der Waals surface area contributed by atoms with E-state index in [0.29, 0.717) is 17.3 Å². The van der Waals surface area contributed by atoms with Crippen molar-refractivity contribution < 1.29 is 9.50 Å². The molecular weight excluding hydrogens is 321 g/mol. The molecule has 0 heterocycles. The number of halogens is 3. The summed E-state index contributed by atoms with van der Waals surface area (Å²) in [6.07, 6.45) is 0. The van der Waals surface area contributed by atoms with E-state index in [2.05, 4.69) is 21.2 Å². The molecule has 2 N–H and O–H groups in total. The lowest BCUT2D eigenvalue weighted by atomic mass is 10.2. The van der Waals surface area contributed by atoms with E-state index >= 15 is 0 Å². The molecule has 0 atom stereocenters. The first-order chi connectivity index (χ1) is 8.56. The highest BCUT2D eigenvalue weighted by molar-refractivity contribution is 9.10. The molecule has 0 spiro atoms. The van der Waals surface area contributed by atoms with Crippen LogP contribution >= 0.6 is 27.5 Å². The summed E-state index contributed by atoms with van der Waals surface area (Å²) in [7, 11) is 0. The van der Waals surface area contributed by atoms with E-state index in [-0.39, 0.29) is 5.75 Å². The molecule has 2 aromatic rings. The highest BCUT2D eigenvalue weighted by atomic mass is 79.9. The van der Waals surface area contributed by atoms with Gasteiger partial charge in [0.25, 0.3) is 0 Å². The number of hydrogen-bond acceptors (Lipinski definition) is 2. The maximum absolute atomic E-state index is 13.1. The van der Waals surface area contributed by atoms with E-state index in [9.17, 15) is 4.39 Å². The van der Waals surface area contributed by atoms with Crippen LogP contribution in [0.3, 0.4) is 0 Å². The monoisotopic (exact) mass is 329 g/mol. The van der Waals surface area contributed by atoms with Gasteiger partial charge in [-0.1, -0.05) is 27.5 Å². The fourth-order valence-corrected chi connectivity index (χ4v) is 2.07. The van der Waals surface area contributed by atoms with Gasteiger partial charge < -0.3 is 10.4 Å². The second kappa shape index (κ2) is 5.59. The van der Waals surface area contributed by atoms with Gasteiger partial charge in [-0.15, -0.1) is 0 Å². The highest BCUT2D eigenvalue weighted by Crippen LogP contribution is 2.23. The number of hydrogen-bond donors (Lipinski definition) is 2. The molecule has 0 saturated heterocycles. The summed E-state index contributed by atoms with van der Waals surface area (Å²) in [6, 6.07) is 9.64. The molecular formula is C13H10BrClFNO. The third kappa shape index (κ3) is 3.15. The molecule has 0 aliphatic heterocycles. The van der Waals surface area contributed by atoms with Crippen LogP contribution in [0.25, 0.3) is 0 Å². The Bertz CT molecular complexity index is 577. The minimum absolute atomic E-state index is 0.357. The van der Waals surface area contributed by atoms with Gasteiger partial charge in [0, 0.05) is 27.8 Å². The van der Waals surface area contributed by atoms with E-state index in [1.54, 1.807) is 12.1 Å². The van der Waals surface area contributed by atoms with Crippen LogP contribution in [-0.2, 0) is 6.54 Å². The molecule has 0 fully saturated rings. The molecule has 0 aromatic heterocycles. The SMILES string of the molecule is Oc1ccc(NCc2cc(Cl)ccc2Br)cc1F. The predicted octanol–water partition coefficient (Wildman–Crippen LogP) is 4.56. The molecule has 5 heteroatoms. The van der Waals surface area contributed by atoms with E-state index < -0.39 is 5.82 Å². The summed E-state index contributed by atoms with van der Waals surface area (Å²) >= 11 is 9.32. The van der Waals surface area contributed by atoms with Crippen LogP contribution in [0.15, 0.2) is 40.9 Å². The summed E-state index contributed by atoms with van der Waals surface area (Å²) in [4.78, 5) is 0. The van der Waals surface area contributed by atoms with E-state index in [4.69, 9.17) is 16.7 Å². The Kier molecular flexibility index (Phi) is 4.09. The highest BCUT2D eigenvalue weighted by Gasteiger charge is 2.03. The van der Waals surface area contributed by atoms with Crippen molar-refractivity contribution in [1.82, 2.24) is 0 Å². The molecule has 0 aliphatic carbocycles.